The Balaban J connectivity index is 2.01. The topological polar surface area (TPSA) is 99.0 Å². The molecule has 0 radical (unpaired) electrons. The van der Waals surface area contributed by atoms with Gasteiger partial charge in [0.1, 0.15) is 0 Å². The van der Waals surface area contributed by atoms with E-state index >= 15 is 0 Å². The molecule has 1 aliphatic rings. The fourth-order valence-corrected chi connectivity index (χ4v) is 2.72. The molecule has 1 aliphatic heterocycles. The van der Waals surface area contributed by atoms with Gasteiger partial charge in [0.05, 0.1) is 17.6 Å². The largest absolute Gasteiger partial charge is 0.490 e. The van der Waals surface area contributed by atoms with E-state index in [1.165, 1.54) is 19.2 Å². The van der Waals surface area contributed by atoms with Crippen molar-refractivity contribution < 1.29 is 24.0 Å². The van der Waals surface area contributed by atoms with E-state index in [9.17, 15) is 19.7 Å². The molecule has 130 valence electrons. The zero-order valence-electron chi connectivity index (χ0n) is 13.7. The summed E-state index contributed by atoms with van der Waals surface area (Å²) in [4.78, 5) is 36.2. The molecule has 1 aromatic carbocycles. The summed E-state index contributed by atoms with van der Waals surface area (Å²) in [6, 6.07) is 3.90. The lowest BCUT2D eigenvalue weighted by atomic mass is 10.0. The third-order valence-electron chi connectivity index (χ3n) is 4.06. The molecule has 0 bridgehead atoms. The Hall–Kier alpha value is -2.64. The maximum Gasteiger partial charge on any atom is 0.338 e. The number of ether oxygens (including phenoxy) is 2. The number of nitro groups is 1. The maximum atomic E-state index is 12.1. The number of hydrogen-bond donors (Lipinski definition) is 0. The van der Waals surface area contributed by atoms with Crippen LogP contribution in [-0.4, -0.2) is 48.0 Å². The van der Waals surface area contributed by atoms with E-state index in [-0.39, 0.29) is 35.6 Å². The molecule has 0 N–H and O–H groups in total. The zero-order valence-corrected chi connectivity index (χ0v) is 13.7. The van der Waals surface area contributed by atoms with Gasteiger partial charge in [0.2, 0.25) is 0 Å². The molecule has 0 unspecified atom stereocenters. The molecule has 0 saturated carbocycles. The van der Waals surface area contributed by atoms with Crippen LogP contribution in [0.2, 0.25) is 0 Å². The third-order valence-corrected chi connectivity index (χ3v) is 4.06. The van der Waals surface area contributed by atoms with Crippen LogP contribution in [0.1, 0.15) is 36.5 Å². The van der Waals surface area contributed by atoms with E-state index in [1.807, 2.05) is 6.92 Å². The highest BCUT2D eigenvalue weighted by Crippen LogP contribution is 2.27. The molecule has 0 aliphatic carbocycles. The average Bonchev–Trinajstić information content (AvgIpc) is 2.59. The summed E-state index contributed by atoms with van der Waals surface area (Å²) in [6.07, 6.45) is 2.96. The van der Waals surface area contributed by atoms with Gasteiger partial charge in [-0.15, -0.1) is 0 Å². The number of amides is 1. The number of methoxy groups -OCH3 is 1. The van der Waals surface area contributed by atoms with Crippen molar-refractivity contribution in [3.05, 3.63) is 33.9 Å². The summed E-state index contributed by atoms with van der Waals surface area (Å²) < 4.78 is 9.88. The van der Waals surface area contributed by atoms with Crippen molar-refractivity contribution in [3.63, 3.8) is 0 Å². The minimum absolute atomic E-state index is 0.00185. The number of likely N-dealkylation sites (tertiary alicyclic amines) is 1. The van der Waals surface area contributed by atoms with Gasteiger partial charge < -0.3 is 14.4 Å². The van der Waals surface area contributed by atoms with Crippen LogP contribution in [0, 0.1) is 10.1 Å². The van der Waals surface area contributed by atoms with Crippen molar-refractivity contribution in [2.24, 2.45) is 0 Å². The monoisotopic (exact) mass is 336 g/mol. The molecule has 8 heteroatoms. The first kappa shape index (κ1) is 17.7. The molecule has 1 atom stereocenters. The number of piperidine rings is 1. The van der Waals surface area contributed by atoms with Gasteiger partial charge in [-0.1, -0.05) is 0 Å². The van der Waals surface area contributed by atoms with Gasteiger partial charge in [0.25, 0.3) is 5.91 Å². The summed E-state index contributed by atoms with van der Waals surface area (Å²) in [7, 11) is 1.30. The highest BCUT2D eigenvalue weighted by molar-refractivity contribution is 5.92. The quantitative estimate of drug-likeness (QED) is 0.464. The Morgan fingerprint density at radius 1 is 1.38 bits per heavy atom. The molecule has 1 aromatic rings. The molecule has 1 heterocycles. The normalized spacial score (nSPS) is 17.2. The minimum Gasteiger partial charge on any atom is -0.490 e. The first-order valence-electron chi connectivity index (χ1n) is 7.73. The second-order valence-corrected chi connectivity index (χ2v) is 5.65. The van der Waals surface area contributed by atoms with Crippen molar-refractivity contribution in [2.45, 2.75) is 32.2 Å². The average molecular weight is 336 g/mol. The van der Waals surface area contributed by atoms with Crippen LogP contribution in [0.5, 0.6) is 5.75 Å². The first-order chi connectivity index (χ1) is 11.4. The van der Waals surface area contributed by atoms with E-state index in [1.54, 1.807) is 4.90 Å². The van der Waals surface area contributed by atoms with Crippen LogP contribution in [0.25, 0.3) is 0 Å². The molecule has 0 spiro atoms. The highest BCUT2D eigenvalue weighted by atomic mass is 16.6. The summed E-state index contributed by atoms with van der Waals surface area (Å²) in [5.41, 5.74) is -0.329. The van der Waals surface area contributed by atoms with Crippen molar-refractivity contribution in [1.82, 2.24) is 4.90 Å². The summed E-state index contributed by atoms with van der Waals surface area (Å²) in [6.45, 7) is 2.25. The fraction of sp³-hybridized carbons (Fsp3) is 0.500. The number of benzene rings is 1. The van der Waals surface area contributed by atoms with Gasteiger partial charge in [-0.25, -0.2) is 4.79 Å². The zero-order chi connectivity index (χ0) is 17.7. The number of hydrogen-bond acceptors (Lipinski definition) is 6. The number of nitrogens with zero attached hydrogens (tertiary/aromatic N) is 2. The van der Waals surface area contributed by atoms with Gasteiger partial charge >= 0.3 is 11.7 Å². The van der Waals surface area contributed by atoms with Gasteiger partial charge in [-0.2, -0.15) is 0 Å². The van der Waals surface area contributed by atoms with Crippen molar-refractivity contribution in [3.8, 4) is 5.75 Å². The number of carbonyl (C=O) groups is 2. The first-order valence-corrected chi connectivity index (χ1v) is 7.73. The third kappa shape index (κ3) is 4.01. The predicted octanol–water partition coefficient (Wildman–Crippen LogP) is 2.16. The second kappa shape index (κ2) is 7.76. The van der Waals surface area contributed by atoms with Crippen LogP contribution >= 0.6 is 0 Å². The van der Waals surface area contributed by atoms with E-state index < -0.39 is 10.9 Å². The van der Waals surface area contributed by atoms with Crippen LogP contribution in [0.15, 0.2) is 18.2 Å². The molecule has 0 aromatic heterocycles. The van der Waals surface area contributed by atoms with Gasteiger partial charge in [0.15, 0.2) is 12.4 Å². The molecule has 1 fully saturated rings. The minimum atomic E-state index is -0.779. The molecule has 8 nitrogen and oxygen atoms in total. The Morgan fingerprint density at radius 3 is 2.75 bits per heavy atom. The predicted molar refractivity (Wildman–Crippen MR) is 85.0 cm³/mol. The number of nitro benzene ring substituents is 1. The van der Waals surface area contributed by atoms with E-state index in [0.717, 1.165) is 25.3 Å². The molecular formula is C16H20N2O6. The SMILES string of the molecule is COc1ccc(C(=O)OCC(=O)N2CCCC[C@@H]2C)cc1[N+](=O)[O-]. The lowest BCUT2D eigenvalue weighted by molar-refractivity contribution is -0.385. The Morgan fingerprint density at radius 2 is 2.12 bits per heavy atom. The van der Waals surface area contributed by atoms with Crippen LogP contribution in [0.3, 0.4) is 0 Å². The summed E-state index contributed by atoms with van der Waals surface area (Å²) in [5, 5.41) is 11.0. The summed E-state index contributed by atoms with van der Waals surface area (Å²) in [5.74, 6) is -0.980. The van der Waals surface area contributed by atoms with Gasteiger partial charge in [-0.05, 0) is 38.3 Å². The van der Waals surface area contributed by atoms with E-state index in [0.29, 0.717) is 6.54 Å². The smallest absolute Gasteiger partial charge is 0.338 e. The molecule has 1 amide bonds. The fourth-order valence-electron chi connectivity index (χ4n) is 2.72. The van der Waals surface area contributed by atoms with Gasteiger partial charge in [-0.3, -0.25) is 14.9 Å². The van der Waals surface area contributed by atoms with E-state index in [2.05, 4.69) is 0 Å². The standard InChI is InChI=1S/C16H20N2O6/c1-11-5-3-4-8-17(11)15(19)10-24-16(20)12-6-7-14(23-2)13(9-12)18(21)22/h6-7,9,11H,3-5,8,10H2,1-2H3/t11-/m0/s1. The van der Waals surface area contributed by atoms with Gasteiger partial charge in [0, 0.05) is 18.7 Å². The van der Waals surface area contributed by atoms with Crippen LogP contribution in [-0.2, 0) is 9.53 Å². The molecular weight excluding hydrogens is 316 g/mol. The Labute approximate surface area is 139 Å². The molecule has 1 saturated heterocycles. The number of carbonyl (C=O) groups excluding carboxylic acids is 2. The van der Waals surface area contributed by atoms with E-state index in [4.69, 9.17) is 9.47 Å². The van der Waals surface area contributed by atoms with Crippen molar-refractivity contribution >= 4 is 17.6 Å². The summed E-state index contributed by atoms with van der Waals surface area (Å²) >= 11 is 0. The van der Waals surface area contributed by atoms with Crippen molar-refractivity contribution in [1.29, 1.82) is 0 Å². The Kier molecular flexibility index (Phi) is 5.73. The lowest BCUT2D eigenvalue weighted by Gasteiger charge is -2.33. The number of rotatable bonds is 5. The van der Waals surface area contributed by atoms with Crippen LogP contribution in [0.4, 0.5) is 5.69 Å². The molecule has 2 rings (SSSR count). The van der Waals surface area contributed by atoms with Crippen molar-refractivity contribution in [2.75, 3.05) is 20.3 Å². The lowest BCUT2D eigenvalue weighted by Crippen LogP contribution is -2.44. The molecule has 24 heavy (non-hydrogen) atoms. The maximum absolute atomic E-state index is 12.1. The number of esters is 1. The second-order valence-electron chi connectivity index (χ2n) is 5.65. The highest BCUT2D eigenvalue weighted by Gasteiger charge is 2.25. The Bertz CT molecular complexity index is 645. The van der Waals surface area contributed by atoms with Crippen LogP contribution < -0.4 is 4.74 Å².